The lowest BCUT2D eigenvalue weighted by Crippen LogP contribution is -2.38. The summed E-state index contributed by atoms with van der Waals surface area (Å²) in [5.74, 6) is 0. The summed E-state index contributed by atoms with van der Waals surface area (Å²) < 4.78 is 0. The minimum atomic E-state index is -0.0305. The molecular formula is C15H18N2. The molecule has 2 aromatic carbocycles. The Morgan fingerprint density at radius 1 is 1.12 bits per heavy atom. The van der Waals surface area contributed by atoms with Gasteiger partial charge >= 0.3 is 0 Å². The Morgan fingerprint density at radius 3 is 2.47 bits per heavy atom. The van der Waals surface area contributed by atoms with E-state index in [0.717, 1.165) is 12.8 Å². The molecule has 17 heavy (non-hydrogen) atoms. The number of nitrogens with one attached hydrogen (secondary N) is 1. The fourth-order valence-corrected chi connectivity index (χ4v) is 2.61. The highest BCUT2D eigenvalue weighted by atomic mass is 15.0. The first-order chi connectivity index (χ1) is 8.23. The topological polar surface area (TPSA) is 38.0 Å². The van der Waals surface area contributed by atoms with Gasteiger partial charge in [0.1, 0.15) is 0 Å². The summed E-state index contributed by atoms with van der Waals surface area (Å²) >= 11 is 0. The van der Waals surface area contributed by atoms with Crippen LogP contribution in [-0.4, -0.2) is 12.6 Å². The molecule has 1 aliphatic rings. The van der Waals surface area contributed by atoms with E-state index >= 15 is 0 Å². The summed E-state index contributed by atoms with van der Waals surface area (Å²) in [5.41, 5.74) is 7.58. The van der Waals surface area contributed by atoms with Gasteiger partial charge < -0.3 is 11.1 Å². The van der Waals surface area contributed by atoms with Crippen LogP contribution >= 0.6 is 0 Å². The van der Waals surface area contributed by atoms with Crippen molar-refractivity contribution in [2.24, 2.45) is 5.73 Å². The first-order valence-corrected chi connectivity index (χ1v) is 6.18. The van der Waals surface area contributed by atoms with Crippen LogP contribution in [0.25, 0.3) is 10.8 Å². The van der Waals surface area contributed by atoms with Crippen molar-refractivity contribution in [1.82, 2.24) is 5.32 Å². The van der Waals surface area contributed by atoms with Crippen LogP contribution in [0.4, 0.5) is 0 Å². The van der Waals surface area contributed by atoms with Gasteiger partial charge in [-0.3, -0.25) is 0 Å². The number of fused-ring (bicyclic) bond motifs is 1. The summed E-state index contributed by atoms with van der Waals surface area (Å²) in [4.78, 5) is 0. The lowest BCUT2D eigenvalue weighted by molar-refractivity contribution is 0.462. The molecule has 2 nitrogen and oxygen atoms in total. The van der Waals surface area contributed by atoms with Crippen molar-refractivity contribution in [1.29, 1.82) is 0 Å². The van der Waals surface area contributed by atoms with Crippen molar-refractivity contribution in [3.8, 4) is 0 Å². The highest BCUT2D eigenvalue weighted by Crippen LogP contribution is 2.43. The molecule has 1 atom stereocenters. The molecule has 2 aromatic rings. The van der Waals surface area contributed by atoms with Crippen LogP contribution in [-0.2, 0) is 0 Å². The molecule has 0 aliphatic heterocycles. The number of nitrogens with two attached hydrogens (primary N) is 1. The van der Waals surface area contributed by atoms with Crippen LogP contribution in [0.15, 0.2) is 42.5 Å². The van der Waals surface area contributed by atoms with E-state index in [1.165, 1.54) is 16.3 Å². The molecule has 88 valence electrons. The SMILES string of the molecule is CNC(c1ccc2ccccc2c1)C1(N)CC1. The maximum absolute atomic E-state index is 6.31. The maximum Gasteiger partial charge on any atom is 0.0500 e. The molecule has 0 saturated heterocycles. The molecule has 0 heterocycles. The Labute approximate surface area is 102 Å². The first-order valence-electron chi connectivity index (χ1n) is 6.18. The monoisotopic (exact) mass is 226 g/mol. The number of hydrogen-bond acceptors (Lipinski definition) is 2. The summed E-state index contributed by atoms with van der Waals surface area (Å²) in [6, 6.07) is 15.3. The largest absolute Gasteiger partial charge is 0.323 e. The molecule has 0 spiro atoms. The van der Waals surface area contributed by atoms with Gasteiger partial charge in [-0.05, 0) is 42.3 Å². The second kappa shape index (κ2) is 3.83. The molecule has 3 rings (SSSR count). The van der Waals surface area contributed by atoms with Gasteiger partial charge in [-0.15, -0.1) is 0 Å². The van der Waals surface area contributed by atoms with E-state index in [1.807, 2.05) is 7.05 Å². The van der Waals surface area contributed by atoms with Crippen LogP contribution in [0.2, 0.25) is 0 Å². The minimum absolute atomic E-state index is 0.0305. The quantitative estimate of drug-likeness (QED) is 0.844. The molecule has 0 aromatic heterocycles. The summed E-state index contributed by atoms with van der Waals surface area (Å²) in [6.07, 6.45) is 2.23. The zero-order valence-corrected chi connectivity index (χ0v) is 10.1. The zero-order chi connectivity index (χ0) is 11.9. The maximum atomic E-state index is 6.31. The van der Waals surface area contributed by atoms with Gasteiger partial charge in [0.25, 0.3) is 0 Å². The smallest absolute Gasteiger partial charge is 0.0500 e. The normalized spacial score (nSPS) is 19.2. The molecular weight excluding hydrogens is 208 g/mol. The van der Waals surface area contributed by atoms with Crippen LogP contribution in [0.5, 0.6) is 0 Å². The zero-order valence-electron chi connectivity index (χ0n) is 10.1. The Hall–Kier alpha value is -1.38. The minimum Gasteiger partial charge on any atom is -0.323 e. The van der Waals surface area contributed by atoms with Crippen molar-refractivity contribution in [2.45, 2.75) is 24.4 Å². The highest BCUT2D eigenvalue weighted by Gasteiger charge is 2.45. The second-order valence-electron chi connectivity index (χ2n) is 5.06. The van der Waals surface area contributed by atoms with E-state index in [4.69, 9.17) is 5.73 Å². The van der Waals surface area contributed by atoms with E-state index in [-0.39, 0.29) is 11.6 Å². The van der Waals surface area contributed by atoms with Crippen LogP contribution in [0, 0.1) is 0 Å². The molecule has 1 saturated carbocycles. The van der Waals surface area contributed by atoms with Gasteiger partial charge in [-0.1, -0.05) is 36.4 Å². The lowest BCUT2D eigenvalue weighted by atomic mass is 9.95. The predicted molar refractivity (Wildman–Crippen MR) is 71.9 cm³/mol. The van der Waals surface area contributed by atoms with Gasteiger partial charge in [-0.2, -0.15) is 0 Å². The molecule has 1 fully saturated rings. The van der Waals surface area contributed by atoms with E-state index in [9.17, 15) is 0 Å². The Bertz CT molecular complexity index is 543. The van der Waals surface area contributed by atoms with Crippen LogP contribution in [0.1, 0.15) is 24.4 Å². The molecule has 0 bridgehead atoms. The molecule has 0 amide bonds. The van der Waals surface area contributed by atoms with Gasteiger partial charge in [0.05, 0.1) is 6.04 Å². The average Bonchev–Trinajstić information content (AvgIpc) is 3.09. The predicted octanol–water partition coefficient (Wildman–Crippen LogP) is 2.59. The third kappa shape index (κ3) is 1.84. The third-order valence-electron chi connectivity index (χ3n) is 3.80. The second-order valence-corrected chi connectivity index (χ2v) is 5.06. The van der Waals surface area contributed by atoms with Gasteiger partial charge in [0, 0.05) is 5.54 Å². The van der Waals surface area contributed by atoms with Gasteiger partial charge in [0.2, 0.25) is 0 Å². The van der Waals surface area contributed by atoms with E-state index < -0.39 is 0 Å². The Kier molecular flexibility index (Phi) is 2.42. The summed E-state index contributed by atoms with van der Waals surface area (Å²) in [7, 11) is 1.99. The van der Waals surface area contributed by atoms with E-state index in [2.05, 4.69) is 47.8 Å². The molecule has 1 unspecified atom stereocenters. The number of hydrogen-bond donors (Lipinski definition) is 2. The average molecular weight is 226 g/mol. The van der Waals surface area contributed by atoms with Crippen molar-refractivity contribution in [3.05, 3.63) is 48.0 Å². The fraction of sp³-hybridized carbons (Fsp3) is 0.333. The van der Waals surface area contributed by atoms with Gasteiger partial charge in [0.15, 0.2) is 0 Å². The van der Waals surface area contributed by atoms with Crippen molar-refractivity contribution < 1.29 is 0 Å². The summed E-state index contributed by atoms with van der Waals surface area (Å²) in [5, 5.41) is 5.93. The van der Waals surface area contributed by atoms with Crippen LogP contribution < -0.4 is 11.1 Å². The lowest BCUT2D eigenvalue weighted by Gasteiger charge is -2.23. The Balaban J connectivity index is 2.04. The molecule has 3 N–H and O–H groups in total. The summed E-state index contributed by atoms with van der Waals surface area (Å²) in [6.45, 7) is 0. The number of rotatable bonds is 3. The fourth-order valence-electron chi connectivity index (χ4n) is 2.61. The van der Waals surface area contributed by atoms with Crippen LogP contribution in [0.3, 0.4) is 0 Å². The number of benzene rings is 2. The number of likely N-dealkylation sites (N-methyl/N-ethyl adjacent to an activating group) is 1. The van der Waals surface area contributed by atoms with Crippen molar-refractivity contribution in [2.75, 3.05) is 7.05 Å². The standard InChI is InChI=1S/C15H18N2/c1-17-14(15(16)8-9-15)13-7-6-11-4-2-3-5-12(11)10-13/h2-7,10,14,17H,8-9,16H2,1H3. The van der Waals surface area contributed by atoms with Crippen molar-refractivity contribution in [3.63, 3.8) is 0 Å². The molecule has 0 radical (unpaired) electrons. The van der Waals surface area contributed by atoms with Gasteiger partial charge in [-0.25, -0.2) is 0 Å². The molecule has 1 aliphatic carbocycles. The van der Waals surface area contributed by atoms with Crippen molar-refractivity contribution >= 4 is 10.8 Å². The van der Waals surface area contributed by atoms with E-state index in [0.29, 0.717) is 0 Å². The third-order valence-corrected chi connectivity index (χ3v) is 3.80. The first kappa shape index (κ1) is 10.8. The highest BCUT2D eigenvalue weighted by molar-refractivity contribution is 5.83. The van der Waals surface area contributed by atoms with E-state index in [1.54, 1.807) is 0 Å². The Morgan fingerprint density at radius 2 is 1.82 bits per heavy atom. The molecule has 2 heteroatoms.